The maximum absolute atomic E-state index is 13.7. The van der Waals surface area contributed by atoms with Crippen LogP contribution in [-0.4, -0.2) is 37.8 Å². The van der Waals surface area contributed by atoms with Crippen molar-refractivity contribution in [2.24, 2.45) is 0 Å². The molecule has 3 heterocycles. The Hall–Kier alpha value is -3.58. The van der Waals surface area contributed by atoms with Gasteiger partial charge in [0.15, 0.2) is 11.3 Å². The highest BCUT2D eigenvalue weighted by Crippen LogP contribution is 2.29. The molecule has 0 unspecified atom stereocenters. The molecule has 0 spiro atoms. The monoisotopic (exact) mass is 427 g/mol. The standard InChI is InChI=1S/C25H25N5O2/c1-4-16-10-12-17(13-11-16)30-23-21(25(31)29(14-15-32-3)20(5-2)28-23)22-24(30)27-19-9-7-6-8-18(19)26-22/h6-13H,4-5,14-15H2,1-3H3. The van der Waals surface area contributed by atoms with Crippen molar-refractivity contribution in [1.29, 1.82) is 0 Å². The molecule has 2 aromatic carbocycles. The SMILES string of the molecule is CCc1ccc(-n2c3nc4ccccc4nc3c3c(=O)n(CCOC)c(CC)nc32)cc1. The first kappa shape index (κ1) is 20.3. The molecule has 0 amide bonds. The van der Waals surface area contributed by atoms with Crippen molar-refractivity contribution in [1.82, 2.24) is 24.1 Å². The predicted octanol–water partition coefficient (Wildman–Crippen LogP) is 4.05. The third-order valence-electron chi connectivity index (χ3n) is 5.88. The van der Waals surface area contributed by atoms with Crippen LogP contribution in [0.2, 0.25) is 0 Å². The van der Waals surface area contributed by atoms with Crippen molar-refractivity contribution in [2.45, 2.75) is 33.2 Å². The lowest BCUT2D eigenvalue weighted by atomic mass is 10.1. The zero-order valence-corrected chi connectivity index (χ0v) is 18.5. The number of aryl methyl sites for hydroxylation is 2. The third kappa shape index (κ3) is 3.17. The highest BCUT2D eigenvalue weighted by molar-refractivity contribution is 6.05. The number of nitrogens with zero attached hydrogens (tertiary/aromatic N) is 5. The van der Waals surface area contributed by atoms with Gasteiger partial charge in [0.05, 0.1) is 24.2 Å². The third-order valence-corrected chi connectivity index (χ3v) is 5.88. The second-order valence-electron chi connectivity index (χ2n) is 7.77. The summed E-state index contributed by atoms with van der Waals surface area (Å²) in [6.45, 7) is 5.02. The van der Waals surface area contributed by atoms with E-state index in [0.717, 1.165) is 29.0 Å². The molecule has 0 fully saturated rings. The molecule has 32 heavy (non-hydrogen) atoms. The average molecular weight is 428 g/mol. The molecule has 7 nitrogen and oxygen atoms in total. The molecule has 0 N–H and O–H groups in total. The highest BCUT2D eigenvalue weighted by Gasteiger charge is 2.22. The number of ether oxygens (including phenoxy) is 1. The molecule has 162 valence electrons. The molecule has 5 rings (SSSR count). The minimum absolute atomic E-state index is 0.109. The van der Waals surface area contributed by atoms with Crippen LogP contribution >= 0.6 is 0 Å². The van der Waals surface area contributed by atoms with E-state index in [1.54, 1.807) is 11.7 Å². The molecule has 7 heteroatoms. The van der Waals surface area contributed by atoms with Crippen molar-refractivity contribution in [2.75, 3.05) is 13.7 Å². The van der Waals surface area contributed by atoms with E-state index in [1.807, 2.05) is 35.8 Å². The topological polar surface area (TPSA) is 74.8 Å². The summed E-state index contributed by atoms with van der Waals surface area (Å²) in [6.07, 6.45) is 1.59. The molecule has 0 aliphatic rings. The fraction of sp³-hybridized carbons (Fsp3) is 0.280. The van der Waals surface area contributed by atoms with Gasteiger partial charge >= 0.3 is 0 Å². The Morgan fingerprint density at radius 1 is 0.875 bits per heavy atom. The summed E-state index contributed by atoms with van der Waals surface area (Å²) in [5.41, 5.74) is 5.39. The molecule has 0 bridgehead atoms. The molecule has 0 aliphatic carbocycles. The van der Waals surface area contributed by atoms with Crippen molar-refractivity contribution < 1.29 is 4.74 Å². The second kappa shape index (κ2) is 8.16. The van der Waals surface area contributed by atoms with Crippen molar-refractivity contribution in [3.63, 3.8) is 0 Å². The van der Waals surface area contributed by atoms with Crippen LogP contribution in [0.5, 0.6) is 0 Å². The van der Waals surface area contributed by atoms with Gasteiger partial charge in [-0.25, -0.2) is 15.0 Å². The maximum Gasteiger partial charge on any atom is 0.265 e. The number of rotatable bonds is 6. The number of fused-ring (bicyclic) bond motifs is 4. The van der Waals surface area contributed by atoms with Crippen LogP contribution in [0.4, 0.5) is 0 Å². The summed E-state index contributed by atoms with van der Waals surface area (Å²) >= 11 is 0. The molecular formula is C25H25N5O2. The summed E-state index contributed by atoms with van der Waals surface area (Å²) < 4.78 is 8.90. The minimum atomic E-state index is -0.109. The van der Waals surface area contributed by atoms with Gasteiger partial charge in [0.2, 0.25) is 0 Å². The Bertz CT molecular complexity index is 1500. The van der Waals surface area contributed by atoms with Crippen molar-refractivity contribution in [3.8, 4) is 5.69 Å². The van der Waals surface area contributed by atoms with E-state index in [2.05, 4.69) is 31.2 Å². The second-order valence-corrected chi connectivity index (χ2v) is 7.77. The van der Waals surface area contributed by atoms with Gasteiger partial charge in [0.1, 0.15) is 16.7 Å². The lowest BCUT2D eigenvalue weighted by Gasteiger charge is -2.12. The van der Waals surface area contributed by atoms with Gasteiger partial charge in [-0.3, -0.25) is 13.9 Å². The van der Waals surface area contributed by atoms with Crippen LogP contribution < -0.4 is 5.56 Å². The van der Waals surface area contributed by atoms with Gasteiger partial charge in [-0.05, 0) is 36.2 Å². The van der Waals surface area contributed by atoms with E-state index in [0.29, 0.717) is 41.8 Å². The van der Waals surface area contributed by atoms with Crippen molar-refractivity contribution >= 4 is 33.2 Å². The van der Waals surface area contributed by atoms with Crippen LogP contribution in [-0.2, 0) is 24.1 Å². The Balaban J connectivity index is 1.93. The lowest BCUT2D eigenvalue weighted by molar-refractivity contribution is 0.185. The zero-order valence-electron chi connectivity index (χ0n) is 18.5. The van der Waals surface area contributed by atoms with Crippen molar-refractivity contribution in [3.05, 3.63) is 70.3 Å². The molecule has 0 saturated carbocycles. The normalized spacial score (nSPS) is 11.7. The summed E-state index contributed by atoms with van der Waals surface area (Å²) in [7, 11) is 1.63. The van der Waals surface area contributed by atoms with Crippen LogP contribution in [0.15, 0.2) is 53.3 Å². The van der Waals surface area contributed by atoms with Crippen LogP contribution in [0, 0.1) is 0 Å². The van der Waals surface area contributed by atoms with Gasteiger partial charge in [-0.15, -0.1) is 0 Å². The van der Waals surface area contributed by atoms with Crippen LogP contribution in [0.1, 0.15) is 25.2 Å². The molecule has 0 radical (unpaired) electrons. The summed E-state index contributed by atoms with van der Waals surface area (Å²) in [6, 6.07) is 16.0. The van der Waals surface area contributed by atoms with Gasteiger partial charge in [0.25, 0.3) is 5.56 Å². The quantitative estimate of drug-likeness (QED) is 0.409. The predicted molar refractivity (Wildman–Crippen MR) is 127 cm³/mol. The molecule has 5 aromatic rings. The summed E-state index contributed by atoms with van der Waals surface area (Å²) in [5.74, 6) is 0.721. The van der Waals surface area contributed by atoms with E-state index >= 15 is 0 Å². The first-order valence-electron chi connectivity index (χ1n) is 10.9. The highest BCUT2D eigenvalue weighted by atomic mass is 16.5. The Kier molecular flexibility index (Phi) is 5.19. The van der Waals surface area contributed by atoms with E-state index in [4.69, 9.17) is 19.7 Å². The van der Waals surface area contributed by atoms with E-state index in [1.165, 1.54) is 5.56 Å². The molecule has 0 saturated heterocycles. The number of para-hydroxylation sites is 2. The largest absolute Gasteiger partial charge is 0.383 e. The zero-order chi connectivity index (χ0) is 22.2. The smallest absolute Gasteiger partial charge is 0.265 e. The Morgan fingerprint density at radius 3 is 2.25 bits per heavy atom. The number of aromatic nitrogens is 5. The first-order valence-corrected chi connectivity index (χ1v) is 10.9. The Morgan fingerprint density at radius 2 is 1.59 bits per heavy atom. The Labute approximate surface area is 185 Å². The van der Waals surface area contributed by atoms with Gasteiger partial charge in [0, 0.05) is 19.2 Å². The van der Waals surface area contributed by atoms with Gasteiger partial charge in [-0.1, -0.05) is 38.1 Å². The number of methoxy groups -OCH3 is 1. The number of benzene rings is 2. The molecular weight excluding hydrogens is 402 g/mol. The van der Waals surface area contributed by atoms with E-state index in [9.17, 15) is 4.79 Å². The minimum Gasteiger partial charge on any atom is -0.383 e. The summed E-state index contributed by atoms with van der Waals surface area (Å²) in [5, 5.41) is 0.492. The fourth-order valence-electron chi connectivity index (χ4n) is 4.18. The van der Waals surface area contributed by atoms with Gasteiger partial charge < -0.3 is 4.74 Å². The lowest BCUT2D eigenvalue weighted by Crippen LogP contribution is -2.27. The summed E-state index contributed by atoms with van der Waals surface area (Å²) in [4.78, 5) is 28.4. The fourth-order valence-corrected chi connectivity index (χ4v) is 4.18. The molecule has 0 atom stereocenters. The molecule has 0 aliphatic heterocycles. The van der Waals surface area contributed by atoms with Gasteiger partial charge in [-0.2, -0.15) is 0 Å². The van der Waals surface area contributed by atoms with E-state index < -0.39 is 0 Å². The number of hydrogen-bond acceptors (Lipinski definition) is 5. The first-order chi connectivity index (χ1) is 15.7. The molecule has 3 aromatic heterocycles. The maximum atomic E-state index is 13.7. The number of hydrogen-bond donors (Lipinski definition) is 0. The van der Waals surface area contributed by atoms with E-state index in [-0.39, 0.29) is 5.56 Å². The van der Waals surface area contributed by atoms with Crippen LogP contribution in [0.25, 0.3) is 38.9 Å². The average Bonchev–Trinajstić information content (AvgIpc) is 3.15. The van der Waals surface area contributed by atoms with Crippen LogP contribution in [0.3, 0.4) is 0 Å².